The number of carbonyl (C=O) groups is 2. The maximum Gasteiger partial charge on any atom is 0.255 e. The van der Waals surface area contributed by atoms with Crippen LogP contribution in [0.4, 0.5) is 0 Å². The lowest BCUT2D eigenvalue weighted by atomic mass is 9.78. The molecule has 1 saturated heterocycles. The molecule has 0 aromatic carbocycles. The maximum atomic E-state index is 12.9. The molecule has 0 radical (unpaired) electrons. The summed E-state index contributed by atoms with van der Waals surface area (Å²) in [4.78, 5) is 48.7. The van der Waals surface area contributed by atoms with E-state index in [2.05, 4.69) is 9.97 Å². The molecule has 154 valence electrons. The second kappa shape index (κ2) is 7.47. The van der Waals surface area contributed by atoms with E-state index >= 15 is 0 Å². The Labute approximate surface area is 168 Å². The van der Waals surface area contributed by atoms with E-state index in [1.165, 1.54) is 17.7 Å². The minimum Gasteiger partial charge on any atom is -0.375 e. The standard InChI is InChI=1S/C20H25N5O4/c1-23-11-14(3-4-16(23)26)19(28)24-9-6-20(7-10-24)18-15(21-13-22-18)5-8-25(20)17(27)12-29-2/h3-4,11,13H,5-10,12H2,1-2H3,(H,21,22). The Bertz CT molecular complexity index is 987. The van der Waals surface area contributed by atoms with Crippen molar-refractivity contribution in [2.75, 3.05) is 33.4 Å². The number of aromatic amines is 1. The molecule has 9 nitrogen and oxygen atoms in total. The number of imidazole rings is 1. The van der Waals surface area contributed by atoms with Gasteiger partial charge in [-0.2, -0.15) is 0 Å². The lowest BCUT2D eigenvalue weighted by Gasteiger charge is -2.50. The van der Waals surface area contributed by atoms with Crippen molar-refractivity contribution < 1.29 is 14.3 Å². The number of H-pyrrole nitrogens is 1. The molecule has 4 rings (SSSR count). The van der Waals surface area contributed by atoms with Gasteiger partial charge >= 0.3 is 0 Å². The predicted octanol–water partition coefficient (Wildman–Crippen LogP) is 0.271. The number of nitrogens with one attached hydrogen (secondary N) is 1. The van der Waals surface area contributed by atoms with E-state index in [1.807, 2.05) is 4.90 Å². The Balaban J connectivity index is 1.58. The average Bonchev–Trinajstić information content (AvgIpc) is 3.21. The van der Waals surface area contributed by atoms with E-state index < -0.39 is 5.54 Å². The van der Waals surface area contributed by atoms with Crippen molar-refractivity contribution >= 4 is 11.8 Å². The number of amides is 2. The molecule has 29 heavy (non-hydrogen) atoms. The quantitative estimate of drug-likeness (QED) is 0.799. The van der Waals surface area contributed by atoms with E-state index in [0.29, 0.717) is 38.0 Å². The van der Waals surface area contributed by atoms with Crippen molar-refractivity contribution in [3.63, 3.8) is 0 Å². The van der Waals surface area contributed by atoms with Crippen LogP contribution in [0.15, 0.2) is 29.5 Å². The third kappa shape index (κ3) is 3.25. The van der Waals surface area contributed by atoms with Crippen molar-refractivity contribution in [3.05, 3.63) is 52.0 Å². The fraction of sp³-hybridized carbons (Fsp3) is 0.500. The molecule has 0 unspecified atom stereocenters. The molecular formula is C20H25N5O4. The first kappa shape index (κ1) is 19.4. The Kier molecular flexibility index (Phi) is 4.99. The van der Waals surface area contributed by atoms with Gasteiger partial charge in [-0.3, -0.25) is 14.4 Å². The molecule has 0 atom stereocenters. The molecule has 1 fully saturated rings. The van der Waals surface area contributed by atoms with Crippen LogP contribution in [0.2, 0.25) is 0 Å². The molecule has 1 N–H and O–H groups in total. The van der Waals surface area contributed by atoms with Crippen LogP contribution in [-0.2, 0) is 28.5 Å². The van der Waals surface area contributed by atoms with Crippen molar-refractivity contribution in [1.29, 1.82) is 0 Å². The highest BCUT2D eigenvalue weighted by Gasteiger charge is 2.49. The van der Waals surface area contributed by atoms with Crippen molar-refractivity contribution in [3.8, 4) is 0 Å². The zero-order chi connectivity index (χ0) is 20.6. The topological polar surface area (TPSA) is 101 Å². The van der Waals surface area contributed by atoms with Gasteiger partial charge in [0, 0.05) is 58.2 Å². The van der Waals surface area contributed by atoms with Crippen LogP contribution in [0, 0.1) is 0 Å². The number of hydrogen-bond acceptors (Lipinski definition) is 5. The van der Waals surface area contributed by atoms with E-state index in [4.69, 9.17) is 4.74 Å². The van der Waals surface area contributed by atoms with Crippen molar-refractivity contribution in [1.82, 2.24) is 24.3 Å². The van der Waals surface area contributed by atoms with Gasteiger partial charge in [0.25, 0.3) is 5.91 Å². The fourth-order valence-corrected chi connectivity index (χ4v) is 4.53. The van der Waals surface area contributed by atoms with Gasteiger partial charge in [0.15, 0.2) is 0 Å². The van der Waals surface area contributed by atoms with E-state index in [0.717, 1.165) is 17.8 Å². The molecular weight excluding hydrogens is 374 g/mol. The molecule has 2 aliphatic heterocycles. The van der Waals surface area contributed by atoms with Gasteiger partial charge < -0.3 is 24.1 Å². The first-order chi connectivity index (χ1) is 14.0. The summed E-state index contributed by atoms with van der Waals surface area (Å²) in [5, 5.41) is 0. The maximum absolute atomic E-state index is 12.9. The van der Waals surface area contributed by atoms with Crippen LogP contribution in [-0.4, -0.2) is 69.5 Å². The highest BCUT2D eigenvalue weighted by atomic mass is 16.5. The van der Waals surface area contributed by atoms with E-state index in [9.17, 15) is 14.4 Å². The third-order valence-corrected chi connectivity index (χ3v) is 6.04. The third-order valence-electron chi connectivity index (χ3n) is 6.04. The van der Waals surface area contributed by atoms with Gasteiger partial charge in [0.2, 0.25) is 11.5 Å². The van der Waals surface area contributed by atoms with E-state index in [-0.39, 0.29) is 24.0 Å². The number of carbonyl (C=O) groups excluding carboxylic acids is 2. The summed E-state index contributed by atoms with van der Waals surface area (Å²) in [5.74, 6) is -0.165. The second-order valence-corrected chi connectivity index (χ2v) is 7.65. The number of ether oxygens (including phenoxy) is 1. The fourth-order valence-electron chi connectivity index (χ4n) is 4.53. The van der Waals surface area contributed by atoms with Crippen LogP contribution in [0.3, 0.4) is 0 Å². The van der Waals surface area contributed by atoms with Gasteiger partial charge in [-0.05, 0) is 18.9 Å². The van der Waals surface area contributed by atoms with Gasteiger partial charge in [-0.25, -0.2) is 4.98 Å². The molecule has 0 saturated carbocycles. The molecule has 2 aromatic rings. The number of methoxy groups -OCH3 is 1. The Morgan fingerprint density at radius 3 is 2.69 bits per heavy atom. The Hall–Kier alpha value is -2.94. The number of hydrogen-bond donors (Lipinski definition) is 1. The molecule has 9 heteroatoms. The minimum absolute atomic E-state index is 0.0300. The SMILES string of the molecule is COCC(=O)N1CCc2[nH]cnc2C12CCN(C(=O)c1ccc(=O)n(C)c1)CC2. The number of piperidine rings is 1. The van der Waals surface area contributed by atoms with Gasteiger partial charge in [0.05, 0.1) is 23.1 Å². The summed E-state index contributed by atoms with van der Waals surface area (Å²) < 4.78 is 6.49. The summed E-state index contributed by atoms with van der Waals surface area (Å²) in [5.41, 5.74) is 1.77. The Morgan fingerprint density at radius 2 is 2.00 bits per heavy atom. The lowest BCUT2D eigenvalue weighted by Crippen LogP contribution is -2.59. The number of aryl methyl sites for hydroxylation is 1. The summed E-state index contributed by atoms with van der Waals surface area (Å²) in [6.45, 7) is 1.64. The van der Waals surface area contributed by atoms with Crippen LogP contribution in [0.5, 0.6) is 0 Å². The van der Waals surface area contributed by atoms with Crippen molar-refractivity contribution in [2.45, 2.75) is 24.8 Å². The second-order valence-electron chi connectivity index (χ2n) is 7.65. The van der Waals surface area contributed by atoms with Crippen LogP contribution in [0.1, 0.15) is 34.6 Å². The monoisotopic (exact) mass is 399 g/mol. The first-order valence-electron chi connectivity index (χ1n) is 9.74. The largest absolute Gasteiger partial charge is 0.375 e. The van der Waals surface area contributed by atoms with E-state index in [1.54, 1.807) is 30.5 Å². The van der Waals surface area contributed by atoms with Crippen LogP contribution >= 0.6 is 0 Å². The summed E-state index contributed by atoms with van der Waals surface area (Å²) in [6, 6.07) is 2.97. The molecule has 1 spiro atoms. The lowest BCUT2D eigenvalue weighted by molar-refractivity contribution is -0.145. The summed E-state index contributed by atoms with van der Waals surface area (Å²) in [7, 11) is 3.15. The van der Waals surface area contributed by atoms with Gasteiger partial charge in [-0.1, -0.05) is 0 Å². The zero-order valence-electron chi connectivity index (χ0n) is 16.7. The average molecular weight is 399 g/mol. The summed E-state index contributed by atoms with van der Waals surface area (Å²) >= 11 is 0. The highest BCUT2D eigenvalue weighted by molar-refractivity contribution is 5.94. The van der Waals surface area contributed by atoms with Crippen LogP contribution < -0.4 is 5.56 Å². The number of rotatable bonds is 3. The number of likely N-dealkylation sites (tertiary alicyclic amines) is 1. The number of fused-ring (bicyclic) bond motifs is 2. The molecule has 0 bridgehead atoms. The molecule has 2 aliphatic rings. The van der Waals surface area contributed by atoms with Crippen molar-refractivity contribution in [2.24, 2.45) is 7.05 Å². The normalized spacial score (nSPS) is 18.0. The smallest absolute Gasteiger partial charge is 0.255 e. The molecule has 0 aliphatic carbocycles. The molecule has 4 heterocycles. The minimum atomic E-state index is -0.524. The predicted molar refractivity (Wildman–Crippen MR) is 104 cm³/mol. The number of aromatic nitrogens is 3. The highest BCUT2D eigenvalue weighted by Crippen LogP contribution is 2.42. The Morgan fingerprint density at radius 1 is 1.24 bits per heavy atom. The van der Waals surface area contributed by atoms with Crippen LogP contribution in [0.25, 0.3) is 0 Å². The summed E-state index contributed by atoms with van der Waals surface area (Å²) in [6.07, 6.45) is 5.19. The van der Waals surface area contributed by atoms with Gasteiger partial charge in [0.1, 0.15) is 6.61 Å². The molecule has 2 amide bonds. The number of pyridine rings is 1. The van der Waals surface area contributed by atoms with Gasteiger partial charge in [-0.15, -0.1) is 0 Å². The first-order valence-corrected chi connectivity index (χ1v) is 9.74. The zero-order valence-corrected chi connectivity index (χ0v) is 16.7. The molecule has 2 aromatic heterocycles. The number of nitrogens with zero attached hydrogens (tertiary/aromatic N) is 4.